The van der Waals surface area contributed by atoms with Gasteiger partial charge in [-0.25, -0.2) is 0 Å². The molecule has 0 spiro atoms. The van der Waals surface area contributed by atoms with E-state index in [2.05, 4.69) is 34.5 Å². The molecular formula is C21H25N3OS. The van der Waals surface area contributed by atoms with Crippen LogP contribution in [-0.4, -0.2) is 47.0 Å². The number of benzene rings is 2. The Balaban J connectivity index is 1.75. The topological polar surface area (TPSA) is 35.6 Å². The van der Waals surface area contributed by atoms with Crippen LogP contribution in [0.5, 0.6) is 0 Å². The molecule has 136 valence electrons. The lowest BCUT2D eigenvalue weighted by molar-refractivity contribution is -0.128. The van der Waals surface area contributed by atoms with Crippen LogP contribution < -0.4 is 5.32 Å². The fraction of sp³-hybridized carbons (Fsp3) is 0.333. The molecule has 1 heterocycles. The maximum absolute atomic E-state index is 11.6. The zero-order chi connectivity index (χ0) is 18.4. The van der Waals surface area contributed by atoms with Gasteiger partial charge in [-0.15, -0.1) is 0 Å². The number of rotatable bonds is 3. The molecule has 2 aromatic carbocycles. The first-order valence-corrected chi connectivity index (χ1v) is 9.47. The van der Waals surface area contributed by atoms with Crippen molar-refractivity contribution in [2.75, 3.05) is 26.2 Å². The van der Waals surface area contributed by atoms with Crippen molar-refractivity contribution < 1.29 is 4.79 Å². The van der Waals surface area contributed by atoms with E-state index >= 15 is 0 Å². The summed E-state index contributed by atoms with van der Waals surface area (Å²) in [4.78, 5) is 15.7. The molecule has 0 saturated carbocycles. The van der Waals surface area contributed by atoms with E-state index in [9.17, 15) is 4.79 Å². The van der Waals surface area contributed by atoms with Crippen LogP contribution in [-0.2, 0) is 4.79 Å². The molecule has 0 atom stereocenters. The van der Waals surface area contributed by atoms with Crippen LogP contribution >= 0.6 is 12.2 Å². The van der Waals surface area contributed by atoms with Gasteiger partial charge < -0.3 is 15.1 Å². The number of carbonyl (C=O) groups is 1. The molecule has 4 nitrogen and oxygen atoms in total. The lowest BCUT2D eigenvalue weighted by Gasteiger charge is -2.29. The molecule has 1 N–H and O–H groups in total. The van der Waals surface area contributed by atoms with Crippen molar-refractivity contribution in [3.63, 3.8) is 0 Å². The van der Waals surface area contributed by atoms with Gasteiger partial charge in [-0.05, 0) is 29.8 Å². The Morgan fingerprint density at radius 3 is 1.92 bits per heavy atom. The largest absolute Gasteiger partial charge is 0.352 e. The van der Waals surface area contributed by atoms with Gasteiger partial charge in [0, 0.05) is 33.1 Å². The van der Waals surface area contributed by atoms with E-state index in [0.717, 1.165) is 37.7 Å². The number of hydrogen-bond acceptors (Lipinski definition) is 2. The van der Waals surface area contributed by atoms with Crippen LogP contribution in [0.25, 0.3) is 0 Å². The molecule has 1 aliphatic heterocycles. The number of thiocarbonyl (C=S) groups is 1. The van der Waals surface area contributed by atoms with Gasteiger partial charge in [0.15, 0.2) is 5.11 Å². The molecule has 0 radical (unpaired) electrons. The van der Waals surface area contributed by atoms with Crippen LogP contribution in [0.1, 0.15) is 30.5 Å². The number of amides is 1. The summed E-state index contributed by atoms with van der Waals surface area (Å²) in [6, 6.07) is 20.7. The molecule has 0 aromatic heterocycles. The van der Waals surface area contributed by atoms with E-state index in [1.807, 2.05) is 41.3 Å². The molecule has 1 fully saturated rings. The summed E-state index contributed by atoms with van der Waals surface area (Å²) < 4.78 is 0. The standard InChI is InChI=1S/C21H25N3OS/c1-17(25)23-13-8-14-24(16-15-23)21(26)22-20(18-9-4-2-5-10-18)19-11-6-3-7-12-19/h2-7,9-12,20H,8,13-16H2,1H3,(H,22,26). The molecule has 0 bridgehead atoms. The quantitative estimate of drug-likeness (QED) is 0.845. The van der Waals surface area contributed by atoms with Gasteiger partial charge in [-0.1, -0.05) is 60.7 Å². The Morgan fingerprint density at radius 1 is 0.885 bits per heavy atom. The van der Waals surface area contributed by atoms with Crippen LogP contribution in [0, 0.1) is 0 Å². The smallest absolute Gasteiger partial charge is 0.219 e. The van der Waals surface area contributed by atoms with E-state index in [1.165, 1.54) is 11.1 Å². The highest BCUT2D eigenvalue weighted by Gasteiger charge is 2.21. The third kappa shape index (κ3) is 4.61. The molecule has 1 aliphatic rings. The van der Waals surface area contributed by atoms with E-state index in [0.29, 0.717) is 0 Å². The molecule has 3 rings (SSSR count). The molecule has 5 heteroatoms. The highest BCUT2D eigenvalue weighted by Crippen LogP contribution is 2.22. The first-order chi connectivity index (χ1) is 12.6. The summed E-state index contributed by atoms with van der Waals surface area (Å²) in [5.74, 6) is 0.136. The second-order valence-corrected chi connectivity index (χ2v) is 6.94. The van der Waals surface area contributed by atoms with Crippen molar-refractivity contribution in [1.29, 1.82) is 0 Å². The lowest BCUT2D eigenvalue weighted by atomic mass is 9.99. The molecule has 2 aromatic rings. The summed E-state index contributed by atoms with van der Waals surface area (Å²) >= 11 is 5.73. The normalized spacial score (nSPS) is 14.8. The third-order valence-electron chi connectivity index (χ3n) is 4.76. The zero-order valence-electron chi connectivity index (χ0n) is 15.1. The summed E-state index contributed by atoms with van der Waals surface area (Å²) in [6.45, 7) is 4.79. The Labute approximate surface area is 160 Å². The molecule has 1 saturated heterocycles. The van der Waals surface area contributed by atoms with Gasteiger partial charge in [0.2, 0.25) is 5.91 Å². The summed E-state index contributed by atoms with van der Waals surface area (Å²) in [5, 5.41) is 4.29. The summed E-state index contributed by atoms with van der Waals surface area (Å²) in [6.07, 6.45) is 0.933. The highest BCUT2D eigenvalue weighted by molar-refractivity contribution is 7.80. The van der Waals surface area contributed by atoms with Gasteiger partial charge in [0.25, 0.3) is 0 Å². The van der Waals surface area contributed by atoms with Crippen molar-refractivity contribution in [3.8, 4) is 0 Å². The zero-order valence-corrected chi connectivity index (χ0v) is 15.9. The number of carbonyl (C=O) groups excluding carboxylic acids is 1. The van der Waals surface area contributed by atoms with Crippen molar-refractivity contribution in [3.05, 3.63) is 71.8 Å². The second kappa shape index (κ2) is 8.81. The van der Waals surface area contributed by atoms with Crippen LogP contribution in [0.4, 0.5) is 0 Å². The second-order valence-electron chi connectivity index (χ2n) is 6.55. The molecule has 0 unspecified atom stereocenters. The fourth-order valence-electron chi connectivity index (χ4n) is 3.30. The highest BCUT2D eigenvalue weighted by atomic mass is 32.1. The molecule has 1 amide bonds. The first kappa shape index (κ1) is 18.4. The van der Waals surface area contributed by atoms with E-state index in [1.54, 1.807) is 6.92 Å². The predicted octanol–water partition coefficient (Wildman–Crippen LogP) is 3.20. The fourth-order valence-corrected chi connectivity index (χ4v) is 3.60. The SMILES string of the molecule is CC(=O)N1CCCN(C(=S)NC(c2ccccc2)c2ccccc2)CC1. The van der Waals surface area contributed by atoms with Crippen molar-refractivity contribution in [1.82, 2.24) is 15.1 Å². The van der Waals surface area contributed by atoms with Crippen molar-refractivity contribution >= 4 is 23.2 Å². The van der Waals surface area contributed by atoms with Gasteiger partial charge in [0.1, 0.15) is 0 Å². The molecule has 0 aliphatic carbocycles. The van der Waals surface area contributed by atoms with Crippen LogP contribution in [0.3, 0.4) is 0 Å². The Hall–Kier alpha value is -2.40. The van der Waals surface area contributed by atoms with Gasteiger partial charge in [-0.3, -0.25) is 4.79 Å². The number of nitrogens with zero attached hydrogens (tertiary/aromatic N) is 2. The number of hydrogen-bond donors (Lipinski definition) is 1. The first-order valence-electron chi connectivity index (χ1n) is 9.06. The molecular weight excluding hydrogens is 342 g/mol. The Kier molecular flexibility index (Phi) is 6.23. The minimum atomic E-state index is 0.0112. The monoisotopic (exact) mass is 367 g/mol. The minimum absolute atomic E-state index is 0.0112. The van der Waals surface area contributed by atoms with Gasteiger partial charge in [0.05, 0.1) is 6.04 Å². The maximum atomic E-state index is 11.6. The molecule has 26 heavy (non-hydrogen) atoms. The third-order valence-corrected chi connectivity index (χ3v) is 5.14. The van der Waals surface area contributed by atoms with E-state index in [-0.39, 0.29) is 11.9 Å². The van der Waals surface area contributed by atoms with Crippen LogP contribution in [0.2, 0.25) is 0 Å². The van der Waals surface area contributed by atoms with Gasteiger partial charge in [-0.2, -0.15) is 0 Å². The van der Waals surface area contributed by atoms with Crippen molar-refractivity contribution in [2.45, 2.75) is 19.4 Å². The predicted molar refractivity (Wildman–Crippen MR) is 109 cm³/mol. The summed E-state index contributed by atoms with van der Waals surface area (Å²) in [5.41, 5.74) is 2.36. The minimum Gasteiger partial charge on any atom is -0.352 e. The van der Waals surface area contributed by atoms with E-state index < -0.39 is 0 Å². The average molecular weight is 368 g/mol. The lowest BCUT2D eigenvalue weighted by Crippen LogP contribution is -2.43. The number of nitrogens with one attached hydrogen (secondary N) is 1. The van der Waals surface area contributed by atoms with Crippen LogP contribution in [0.15, 0.2) is 60.7 Å². The van der Waals surface area contributed by atoms with Gasteiger partial charge >= 0.3 is 0 Å². The van der Waals surface area contributed by atoms with E-state index in [4.69, 9.17) is 12.2 Å². The average Bonchev–Trinajstić information content (AvgIpc) is 2.94. The Morgan fingerprint density at radius 2 is 1.38 bits per heavy atom. The van der Waals surface area contributed by atoms with Crippen molar-refractivity contribution in [2.24, 2.45) is 0 Å². The maximum Gasteiger partial charge on any atom is 0.219 e. The summed E-state index contributed by atoms with van der Waals surface area (Å²) in [7, 11) is 0. The Bertz CT molecular complexity index is 696.